The van der Waals surface area contributed by atoms with Gasteiger partial charge in [-0.15, -0.1) is 0 Å². The van der Waals surface area contributed by atoms with Gasteiger partial charge in [-0.1, -0.05) is 0 Å². The summed E-state index contributed by atoms with van der Waals surface area (Å²) in [5.41, 5.74) is 6.25. The smallest absolute Gasteiger partial charge is 0.254 e. The van der Waals surface area contributed by atoms with Crippen LogP contribution in [0.25, 0.3) is 0 Å². The third-order valence-electron chi connectivity index (χ3n) is 2.11. The number of hydrogen-bond acceptors (Lipinski definition) is 3. The molecule has 0 saturated heterocycles. The maximum atomic E-state index is 13.6. The fourth-order valence-corrected chi connectivity index (χ4v) is 1.32. The molecule has 0 aromatic heterocycles. The van der Waals surface area contributed by atoms with Crippen LogP contribution in [0.4, 0.5) is 10.1 Å². The SMILES string of the molecule is COCCNC(=O)c1cc(N)cc(C)c1F. The maximum Gasteiger partial charge on any atom is 0.254 e. The summed E-state index contributed by atoms with van der Waals surface area (Å²) in [6.45, 7) is 2.29. The number of nitrogen functional groups attached to an aromatic ring is 1. The van der Waals surface area contributed by atoms with Crippen molar-refractivity contribution < 1.29 is 13.9 Å². The number of carbonyl (C=O) groups excluding carboxylic acids is 1. The molecule has 0 aliphatic carbocycles. The Morgan fingerprint density at radius 2 is 2.25 bits per heavy atom. The van der Waals surface area contributed by atoms with Crippen LogP contribution in [0.3, 0.4) is 0 Å². The fourth-order valence-electron chi connectivity index (χ4n) is 1.32. The Labute approximate surface area is 93.6 Å². The first-order valence-corrected chi connectivity index (χ1v) is 4.89. The second kappa shape index (κ2) is 5.46. The number of carbonyl (C=O) groups is 1. The number of rotatable bonds is 4. The number of halogens is 1. The first-order valence-electron chi connectivity index (χ1n) is 4.89. The van der Waals surface area contributed by atoms with E-state index >= 15 is 0 Å². The summed E-state index contributed by atoms with van der Waals surface area (Å²) in [5.74, 6) is -1.02. The molecule has 0 fully saturated rings. The average Bonchev–Trinajstić information content (AvgIpc) is 2.23. The molecule has 1 rings (SSSR count). The third-order valence-corrected chi connectivity index (χ3v) is 2.11. The van der Waals surface area contributed by atoms with E-state index in [2.05, 4.69) is 5.32 Å². The summed E-state index contributed by atoms with van der Waals surface area (Å²) in [6.07, 6.45) is 0. The monoisotopic (exact) mass is 226 g/mol. The van der Waals surface area contributed by atoms with Gasteiger partial charge >= 0.3 is 0 Å². The van der Waals surface area contributed by atoms with Gasteiger partial charge in [0.25, 0.3) is 5.91 Å². The van der Waals surface area contributed by atoms with Crippen molar-refractivity contribution in [1.82, 2.24) is 5.32 Å². The Morgan fingerprint density at radius 3 is 2.88 bits per heavy atom. The summed E-state index contributed by atoms with van der Waals surface area (Å²) in [6, 6.07) is 2.81. The van der Waals surface area contributed by atoms with Gasteiger partial charge in [0.15, 0.2) is 0 Å². The van der Waals surface area contributed by atoms with E-state index < -0.39 is 11.7 Å². The van der Waals surface area contributed by atoms with Crippen molar-refractivity contribution in [3.05, 3.63) is 29.1 Å². The van der Waals surface area contributed by atoms with Crippen LogP contribution in [0.1, 0.15) is 15.9 Å². The normalized spacial score (nSPS) is 10.2. The van der Waals surface area contributed by atoms with Crippen molar-refractivity contribution in [3.63, 3.8) is 0 Å². The van der Waals surface area contributed by atoms with Crippen molar-refractivity contribution in [2.24, 2.45) is 0 Å². The molecular formula is C11H15FN2O2. The van der Waals surface area contributed by atoms with Crippen LogP contribution in [0.15, 0.2) is 12.1 Å². The number of amides is 1. The van der Waals surface area contributed by atoms with E-state index in [-0.39, 0.29) is 5.56 Å². The van der Waals surface area contributed by atoms with Gasteiger partial charge in [0.2, 0.25) is 0 Å². The van der Waals surface area contributed by atoms with Gasteiger partial charge < -0.3 is 15.8 Å². The second-order valence-electron chi connectivity index (χ2n) is 3.45. The van der Waals surface area contributed by atoms with Crippen molar-refractivity contribution in [2.45, 2.75) is 6.92 Å². The molecule has 0 aliphatic rings. The lowest BCUT2D eigenvalue weighted by Gasteiger charge is -2.08. The Balaban J connectivity index is 2.82. The molecule has 88 valence electrons. The van der Waals surface area contributed by atoms with E-state index in [9.17, 15) is 9.18 Å². The summed E-state index contributed by atoms with van der Waals surface area (Å²) < 4.78 is 18.4. The predicted molar refractivity (Wildman–Crippen MR) is 59.8 cm³/mol. The molecule has 0 radical (unpaired) electrons. The largest absolute Gasteiger partial charge is 0.399 e. The first-order chi connectivity index (χ1) is 7.56. The number of methoxy groups -OCH3 is 1. The lowest BCUT2D eigenvalue weighted by atomic mass is 10.1. The highest BCUT2D eigenvalue weighted by atomic mass is 19.1. The van der Waals surface area contributed by atoms with Gasteiger partial charge in [-0.25, -0.2) is 4.39 Å². The van der Waals surface area contributed by atoms with Gasteiger partial charge in [-0.2, -0.15) is 0 Å². The first kappa shape index (κ1) is 12.4. The summed E-state index contributed by atoms with van der Waals surface area (Å²) in [5, 5.41) is 2.54. The quantitative estimate of drug-likeness (QED) is 0.596. The summed E-state index contributed by atoms with van der Waals surface area (Å²) in [7, 11) is 1.53. The minimum absolute atomic E-state index is 0.0337. The molecule has 1 aromatic rings. The van der Waals surface area contributed by atoms with Crippen LogP contribution >= 0.6 is 0 Å². The number of aryl methyl sites for hydroxylation is 1. The van der Waals surface area contributed by atoms with E-state index in [4.69, 9.17) is 10.5 Å². The minimum Gasteiger partial charge on any atom is -0.399 e. The highest BCUT2D eigenvalue weighted by Gasteiger charge is 2.13. The van der Waals surface area contributed by atoms with Crippen LogP contribution in [0.5, 0.6) is 0 Å². The van der Waals surface area contributed by atoms with Crippen molar-refractivity contribution >= 4 is 11.6 Å². The fraction of sp³-hybridized carbons (Fsp3) is 0.364. The molecule has 0 bridgehead atoms. The molecule has 0 saturated carbocycles. The zero-order valence-electron chi connectivity index (χ0n) is 9.34. The standard InChI is InChI=1S/C11H15FN2O2/c1-7-5-8(13)6-9(10(7)12)11(15)14-3-4-16-2/h5-6H,3-4,13H2,1-2H3,(H,14,15). The Kier molecular flexibility index (Phi) is 4.25. The molecule has 1 amide bonds. The molecule has 3 N–H and O–H groups in total. The Morgan fingerprint density at radius 1 is 1.56 bits per heavy atom. The number of benzene rings is 1. The summed E-state index contributed by atoms with van der Waals surface area (Å²) >= 11 is 0. The Bertz CT molecular complexity index is 394. The van der Waals surface area contributed by atoms with Crippen LogP contribution in [-0.4, -0.2) is 26.2 Å². The van der Waals surface area contributed by atoms with Gasteiger partial charge in [0.1, 0.15) is 5.82 Å². The molecule has 16 heavy (non-hydrogen) atoms. The third kappa shape index (κ3) is 2.93. The Hall–Kier alpha value is -1.62. The van der Waals surface area contributed by atoms with E-state index in [0.29, 0.717) is 24.4 Å². The molecule has 4 nitrogen and oxygen atoms in total. The lowest BCUT2D eigenvalue weighted by Crippen LogP contribution is -2.28. The molecular weight excluding hydrogens is 211 g/mol. The van der Waals surface area contributed by atoms with E-state index in [1.54, 1.807) is 6.92 Å². The van der Waals surface area contributed by atoms with Crippen LogP contribution < -0.4 is 11.1 Å². The number of hydrogen-bond donors (Lipinski definition) is 2. The molecule has 0 atom stereocenters. The van der Waals surface area contributed by atoms with Crippen molar-refractivity contribution in [2.75, 3.05) is 26.0 Å². The number of ether oxygens (including phenoxy) is 1. The van der Waals surface area contributed by atoms with Gasteiger partial charge in [0, 0.05) is 19.3 Å². The average molecular weight is 226 g/mol. The molecule has 0 heterocycles. The molecule has 5 heteroatoms. The van der Waals surface area contributed by atoms with E-state index in [1.807, 2.05) is 0 Å². The van der Waals surface area contributed by atoms with Crippen molar-refractivity contribution in [3.8, 4) is 0 Å². The number of anilines is 1. The molecule has 0 aliphatic heterocycles. The lowest BCUT2D eigenvalue weighted by molar-refractivity contribution is 0.0933. The highest BCUT2D eigenvalue weighted by Crippen LogP contribution is 2.16. The highest BCUT2D eigenvalue weighted by molar-refractivity contribution is 5.95. The number of nitrogens with two attached hydrogens (primary N) is 1. The van der Waals surface area contributed by atoms with Crippen molar-refractivity contribution in [1.29, 1.82) is 0 Å². The molecule has 1 aromatic carbocycles. The van der Waals surface area contributed by atoms with Gasteiger partial charge in [-0.05, 0) is 24.6 Å². The zero-order chi connectivity index (χ0) is 12.1. The van der Waals surface area contributed by atoms with Gasteiger partial charge in [0.05, 0.1) is 12.2 Å². The molecule has 0 unspecified atom stereocenters. The van der Waals surface area contributed by atoms with Crippen LogP contribution in [-0.2, 0) is 4.74 Å². The topological polar surface area (TPSA) is 64.3 Å². The second-order valence-corrected chi connectivity index (χ2v) is 3.45. The summed E-state index contributed by atoms with van der Waals surface area (Å²) in [4.78, 5) is 11.6. The van der Waals surface area contributed by atoms with E-state index in [1.165, 1.54) is 19.2 Å². The zero-order valence-corrected chi connectivity index (χ0v) is 9.34. The maximum absolute atomic E-state index is 13.6. The molecule has 0 spiro atoms. The van der Waals surface area contributed by atoms with Crippen LogP contribution in [0.2, 0.25) is 0 Å². The van der Waals surface area contributed by atoms with E-state index in [0.717, 1.165) is 0 Å². The van der Waals surface area contributed by atoms with Gasteiger partial charge in [-0.3, -0.25) is 4.79 Å². The van der Waals surface area contributed by atoms with Crippen LogP contribution in [0, 0.1) is 12.7 Å². The number of nitrogens with one attached hydrogen (secondary N) is 1. The minimum atomic E-state index is -0.538. The predicted octanol–water partition coefficient (Wildman–Crippen LogP) is 1.09.